The Morgan fingerprint density at radius 1 is 1.42 bits per heavy atom. The SMILES string of the molecule is CS(=O)(=O)c1cc([N+](=O)[O-])c(NCc2cccnc2OC2CCCC2)s1. The molecule has 0 radical (unpaired) electrons. The molecule has 26 heavy (non-hydrogen) atoms. The van der Waals surface area contributed by atoms with Gasteiger partial charge in [-0.1, -0.05) is 17.4 Å². The van der Waals surface area contributed by atoms with E-state index < -0.39 is 14.8 Å². The lowest BCUT2D eigenvalue weighted by atomic mass is 10.2. The summed E-state index contributed by atoms with van der Waals surface area (Å²) in [6.07, 6.45) is 7.09. The van der Waals surface area contributed by atoms with Crippen molar-refractivity contribution in [1.29, 1.82) is 0 Å². The van der Waals surface area contributed by atoms with Crippen molar-refractivity contribution in [2.24, 2.45) is 0 Å². The monoisotopic (exact) mass is 397 g/mol. The largest absolute Gasteiger partial charge is 0.474 e. The van der Waals surface area contributed by atoms with Crippen LogP contribution in [0.4, 0.5) is 10.7 Å². The number of hydrogen-bond donors (Lipinski definition) is 1. The molecular formula is C16H19N3O5S2. The minimum absolute atomic E-state index is 0.0414. The number of nitrogens with zero attached hydrogens (tertiary/aromatic N) is 2. The molecule has 0 amide bonds. The standard InChI is InChI=1S/C16H19N3O5S2/c1-26(22,23)14-9-13(19(20)21)16(25-14)18-10-11-5-4-8-17-15(11)24-12-6-2-3-7-12/h4-5,8-9,12,18H,2-3,6-7,10H2,1H3. The average molecular weight is 397 g/mol. The summed E-state index contributed by atoms with van der Waals surface area (Å²) in [4.78, 5) is 14.9. The highest BCUT2D eigenvalue weighted by molar-refractivity contribution is 7.92. The molecule has 0 saturated heterocycles. The molecule has 1 N–H and O–H groups in total. The van der Waals surface area contributed by atoms with Gasteiger partial charge < -0.3 is 10.1 Å². The second-order valence-electron chi connectivity index (χ2n) is 6.15. The first-order valence-corrected chi connectivity index (χ1v) is 10.9. The van der Waals surface area contributed by atoms with Gasteiger partial charge in [0.25, 0.3) is 0 Å². The van der Waals surface area contributed by atoms with Crippen LogP contribution in [0.25, 0.3) is 0 Å². The molecule has 140 valence electrons. The molecule has 2 heterocycles. The second kappa shape index (κ2) is 7.58. The maximum atomic E-state index is 11.7. The van der Waals surface area contributed by atoms with Gasteiger partial charge in [-0.3, -0.25) is 10.1 Å². The third kappa shape index (κ3) is 4.31. The molecule has 0 bridgehead atoms. The molecule has 3 rings (SSSR count). The molecular weight excluding hydrogens is 378 g/mol. The fraction of sp³-hybridized carbons (Fsp3) is 0.438. The first kappa shape index (κ1) is 18.6. The van der Waals surface area contributed by atoms with Crippen LogP contribution in [0.2, 0.25) is 0 Å². The van der Waals surface area contributed by atoms with Gasteiger partial charge in [0.1, 0.15) is 10.3 Å². The number of ether oxygens (including phenoxy) is 1. The fourth-order valence-corrected chi connectivity index (χ4v) is 4.74. The summed E-state index contributed by atoms with van der Waals surface area (Å²) in [5, 5.41) is 14.4. The van der Waals surface area contributed by atoms with Crippen LogP contribution in [0.1, 0.15) is 31.2 Å². The Morgan fingerprint density at radius 3 is 2.81 bits per heavy atom. The van der Waals surface area contributed by atoms with Crippen LogP contribution in [0.3, 0.4) is 0 Å². The third-order valence-corrected chi connectivity index (χ3v) is 7.01. The maximum Gasteiger partial charge on any atom is 0.304 e. The predicted octanol–water partition coefficient (Wildman–Crippen LogP) is 3.39. The molecule has 2 aromatic heterocycles. The van der Waals surface area contributed by atoms with E-state index in [1.807, 2.05) is 6.07 Å². The van der Waals surface area contributed by atoms with Crippen molar-refractivity contribution in [2.75, 3.05) is 11.6 Å². The topological polar surface area (TPSA) is 111 Å². The summed E-state index contributed by atoms with van der Waals surface area (Å²) in [5.74, 6) is 0.509. The smallest absolute Gasteiger partial charge is 0.304 e. The summed E-state index contributed by atoms with van der Waals surface area (Å²) in [6, 6.07) is 4.69. The quantitative estimate of drug-likeness (QED) is 0.563. The number of hydrogen-bond acceptors (Lipinski definition) is 8. The van der Waals surface area contributed by atoms with Gasteiger partial charge in [-0.15, -0.1) is 0 Å². The zero-order valence-corrected chi connectivity index (χ0v) is 15.8. The Hall–Kier alpha value is -2.20. The zero-order chi connectivity index (χ0) is 18.7. The summed E-state index contributed by atoms with van der Waals surface area (Å²) in [5.41, 5.74) is 0.514. The first-order chi connectivity index (χ1) is 12.3. The van der Waals surface area contributed by atoms with Crippen LogP contribution in [-0.2, 0) is 16.4 Å². The van der Waals surface area contributed by atoms with Gasteiger partial charge in [0.2, 0.25) is 5.88 Å². The normalized spacial score (nSPS) is 15.1. The lowest BCUT2D eigenvalue weighted by molar-refractivity contribution is -0.383. The van der Waals surface area contributed by atoms with Gasteiger partial charge in [0.05, 0.1) is 4.92 Å². The molecule has 0 spiro atoms. The fourth-order valence-electron chi connectivity index (χ4n) is 2.81. The number of thiophene rings is 1. The number of pyridine rings is 1. The molecule has 0 unspecified atom stereocenters. The Bertz CT molecular complexity index is 904. The van der Waals surface area contributed by atoms with E-state index in [1.165, 1.54) is 0 Å². The minimum Gasteiger partial charge on any atom is -0.474 e. The van der Waals surface area contributed by atoms with Crippen LogP contribution < -0.4 is 10.1 Å². The van der Waals surface area contributed by atoms with Crippen molar-refractivity contribution in [3.05, 3.63) is 40.1 Å². The lowest BCUT2D eigenvalue weighted by Gasteiger charge is -2.15. The Kier molecular flexibility index (Phi) is 5.42. The van der Waals surface area contributed by atoms with Crippen molar-refractivity contribution in [3.8, 4) is 5.88 Å². The van der Waals surface area contributed by atoms with Crippen LogP contribution in [0.15, 0.2) is 28.6 Å². The van der Waals surface area contributed by atoms with E-state index in [4.69, 9.17) is 4.74 Å². The lowest BCUT2D eigenvalue weighted by Crippen LogP contribution is -2.14. The highest BCUT2D eigenvalue weighted by Crippen LogP contribution is 2.37. The third-order valence-electron chi connectivity index (χ3n) is 4.12. The van der Waals surface area contributed by atoms with E-state index >= 15 is 0 Å². The molecule has 1 saturated carbocycles. The average Bonchev–Trinajstić information content (AvgIpc) is 3.23. The van der Waals surface area contributed by atoms with E-state index in [2.05, 4.69) is 10.3 Å². The number of nitro groups is 1. The van der Waals surface area contributed by atoms with E-state index in [0.29, 0.717) is 5.88 Å². The maximum absolute atomic E-state index is 11.7. The number of nitrogens with one attached hydrogen (secondary N) is 1. The molecule has 2 aromatic rings. The Balaban J connectivity index is 1.79. The number of anilines is 1. The molecule has 0 aliphatic heterocycles. The van der Waals surface area contributed by atoms with Crippen molar-refractivity contribution in [2.45, 2.75) is 42.5 Å². The van der Waals surface area contributed by atoms with Crippen LogP contribution in [-0.4, -0.2) is 30.7 Å². The first-order valence-electron chi connectivity index (χ1n) is 8.17. The summed E-state index contributed by atoms with van der Waals surface area (Å²) in [7, 11) is -3.51. The minimum atomic E-state index is -3.51. The van der Waals surface area contributed by atoms with Crippen LogP contribution in [0, 0.1) is 10.1 Å². The number of aromatic nitrogens is 1. The van der Waals surface area contributed by atoms with Crippen LogP contribution >= 0.6 is 11.3 Å². The van der Waals surface area contributed by atoms with E-state index in [0.717, 1.165) is 54.9 Å². The number of rotatable bonds is 7. The highest BCUT2D eigenvalue weighted by atomic mass is 32.2. The zero-order valence-electron chi connectivity index (χ0n) is 14.2. The molecule has 0 atom stereocenters. The van der Waals surface area contributed by atoms with E-state index in [1.54, 1.807) is 12.3 Å². The van der Waals surface area contributed by atoms with E-state index in [-0.39, 0.29) is 27.5 Å². The van der Waals surface area contributed by atoms with Crippen LogP contribution in [0.5, 0.6) is 5.88 Å². The van der Waals surface area contributed by atoms with Crippen molar-refractivity contribution >= 4 is 31.9 Å². The van der Waals surface area contributed by atoms with Gasteiger partial charge in [-0.05, 0) is 31.7 Å². The van der Waals surface area contributed by atoms with Gasteiger partial charge in [-0.25, -0.2) is 13.4 Å². The Labute approximate surface area is 155 Å². The molecule has 1 aliphatic rings. The summed E-state index contributed by atoms with van der Waals surface area (Å²) in [6.45, 7) is 0.250. The Morgan fingerprint density at radius 2 is 2.15 bits per heavy atom. The highest BCUT2D eigenvalue weighted by Gasteiger charge is 2.24. The van der Waals surface area contributed by atoms with Gasteiger partial charge in [0, 0.05) is 30.6 Å². The molecule has 1 fully saturated rings. The van der Waals surface area contributed by atoms with Gasteiger partial charge in [-0.2, -0.15) is 0 Å². The van der Waals surface area contributed by atoms with Gasteiger partial charge in [0.15, 0.2) is 14.8 Å². The van der Waals surface area contributed by atoms with Crippen molar-refractivity contribution in [1.82, 2.24) is 4.98 Å². The molecule has 0 aromatic carbocycles. The van der Waals surface area contributed by atoms with Crippen molar-refractivity contribution < 1.29 is 18.1 Å². The molecule has 10 heteroatoms. The predicted molar refractivity (Wildman–Crippen MR) is 98.5 cm³/mol. The van der Waals surface area contributed by atoms with Gasteiger partial charge >= 0.3 is 5.69 Å². The second-order valence-corrected chi connectivity index (χ2v) is 9.45. The van der Waals surface area contributed by atoms with Crippen molar-refractivity contribution in [3.63, 3.8) is 0 Å². The summed E-state index contributed by atoms with van der Waals surface area (Å²) < 4.78 is 29.3. The molecule has 1 aliphatic carbocycles. The number of sulfone groups is 1. The summed E-state index contributed by atoms with van der Waals surface area (Å²) >= 11 is 0.851. The van der Waals surface area contributed by atoms with E-state index in [9.17, 15) is 18.5 Å². The molecule has 8 nitrogen and oxygen atoms in total.